The van der Waals surface area contributed by atoms with Gasteiger partial charge in [-0.1, -0.05) is 0 Å². The maximum absolute atomic E-state index is 12.1. The van der Waals surface area contributed by atoms with Gasteiger partial charge in [0.1, 0.15) is 5.82 Å². The minimum absolute atomic E-state index is 0.0113. The summed E-state index contributed by atoms with van der Waals surface area (Å²) in [5.41, 5.74) is -0.676. The summed E-state index contributed by atoms with van der Waals surface area (Å²) in [6.07, 6.45) is 3.76. The van der Waals surface area contributed by atoms with Crippen LogP contribution in [0, 0.1) is 6.92 Å². The fourth-order valence-corrected chi connectivity index (χ4v) is 3.38. The van der Waals surface area contributed by atoms with Crippen molar-refractivity contribution in [3.05, 3.63) is 12.0 Å². The number of aliphatic hydroxyl groups is 1. The number of nitrogens with zero attached hydrogens (tertiary/aromatic N) is 2. The maximum Gasteiger partial charge on any atom is 0.260 e. The van der Waals surface area contributed by atoms with Crippen LogP contribution in [0.2, 0.25) is 0 Å². The average molecular weight is 259 g/mol. The van der Waals surface area contributed by atoms with Crippen molar-refractivity contribution in [1.29, 1.82) is 0 Å². The number of hydrogen-bond acceptors (Lipinski definition) is 4. The molecule has 0 saturated heterocycles. The Balaban J connectivity index is 2.25. The van der Waals surface area contributed by atoms with Gasteiger partial charge in [-0.15, -0.1) is 0 Å². The van der Waals surface area contributed by atoms with Crippen molar-refractivity contribution in [2.24, 2.45) is 7.05 Å². The molecule has 1 aromatic rings. The molecule has 0 amide bonds. The van der Waals surface area contributed by atoms with E-state index in [0.717, 1.165) is 6.42 Å². The van der Waals surface area contributed by atoms with Crippen molar-refractivity contribution in [3.8, 4) is 0 Å². The van der Waals surface area contributed by atoms with E-state index < -0.39 is 15.6 Å². The van der Waals surface area contributed by atoms with Crippen LogP contribution in [0.1, 0.15) is 25.1 Å². The standard InChI is InChI=1S/C10H17N3O3S/c1-8-11-9(6-13(8)2)17(15,16)12-10(7-14)4-3-5-10/h6,12,14H,3-5,7H2,1-2H3. The zero-order valence-electron chi connectivity index (χ0n) is 9.97. The smallest absolute Gasteiger partial charge is 0.260 e. The summed E-state index contributed by atoms with van der Waals surface area (Å²) in [6, 6.07) is 0. The van der Waals surface area contributed by atoms with Gasteiger partial charge in [-0.3, -0.25) is 0 Å². The quantitative estimate of drug-likeness (QED) is 0.792. The molecule has 1 aliphatic carbocycles. The summed E-state index contributed by atoms with van der Waals surface area (Å²) in [5, 5.41) is 9.27. The molecule has 96 valence electrons. The van der Waals surface area contributed by atoms with Gasteiger partial charge in [0.25, 0.3) is 10.0 Å². The predicted molar refractivity (Wildman–Crippen MR) is 61.9 cm³/mol. The minimum Gasteiger partial charge on any atom is -0.394 e. The Bertz CT molecular complexity index is 492. The van der Waals surface area contributed by atoms with Crippen LogP contribution in [-0.4, -0.2) is 35.2 Å². The first-order valence-electron chi connectivity index (χ1n) is 5.53. The molecule has 2 rings (SSSR count). The lowest BCUT2D eigenvalue weighted by atomic mass is 9.78. The van der Waals surface area contributed by atoms with Crippen LogP contribution in [0.3, 0.4) is 0 Å². The molecule has 0 bridgehead atoms. The van der Waals surface area contributed by atoms with E-state index in [9.17, 15) is 13.5 Å². The van der Waals surface area contributed by atoms with Crippen LogP contribution in [0.4, 0.5) is 0 Å². The highest BCUT2D eigenvalue weighted by molar-refractivity contribution is 7.89. The molecule has 0 unspecified atom stereocenters. The molecular formula is C10H17N3O3S. The Labute approximate surface area is 101 Å². The number of rotatable bonds is 4. The van der Waals surface area contributed by atoms with Gasteiger partial charge >= 0.3 is 0 Å². The molecular weight excluding hydrogens is 242 g/mol. The summed E-state index contributed by atoms with van der Waals surface area (Å²) in [6.45, 7) is 1.57. The van der Waals surface area contributed by atoms with Crippen LogP contribution >= 0.6 is 0 Å². The third-order valence-corrected chi connectivity index (χ3v) is 4.78. The number of hydrogen-bond donors (Lipinski definition) is 2. The van der Waals surface area contributed by atoms with Gasteiger partial charge in [-0.25, -0.2) is 18.1 Å². The number of aliphatic hydroxyl groups excluding tert-OH is 1. The van der Waals surface area contributed by atoms with Crippen molar-refractivity contribution in [2.75, 3.05) is 6.61 Å². The van der Waals surface area contributed by atoms with E-state index in [1.807, 2.05) is 0 Å². The molecule has 1 saturated carbocycles. The van der Waals surface area contributed by atoms with Crippen molar-refractivity contribution in [3.63, 3.8) is 0 Å². The fourth-order valence-electron chi connectivity index (χ4n) is 1.89. The third-order valence-electron chi connectivity index (χ3n) is 3.33. The summed E-state index contributed by atoms with van der Waals surface area (Å²) in [7, 11) is -1.89. The molecule has 2 N–H and O–H groups in total. The van der Waals surface area contributed by atoms with Crippen LogP contribution < -0.4 is 4.72 Å². The van der Waals surface area contributed by atoms with E-state index in [1.54, 1.807) is 18.5 Å². The first-order valence-corrected chi connectivity index (χ1v) is 7.02. The maximum atomic E-state index is 12.1. The number of sulfonamides is 1. The first kappa shape index (κ1) is 12.5. The lowest BCUT2D eigenvalue weighted by Gasteiger charge is -2.40. The summed E-state index contributed by atoms with van der Waals surface area (Å²) < 4.78 is 28.3. The molecule has 0 aromatic carbocycles. The first-order chi connectivity index (χ1) is 7.88. The average Bonchev–Trinajstić information content (AvgIpc) is 2.54. The normalized spacial score (nSPS) is 19.0. The van der Waals surface area contributed by atoms with Crippen LogP contribution in [0.5, 0.6) is 0 Å². The summed E-state index contributed by atoms with van der Waals surface area (Å²) in [4.78, 5) is 3.99. The number of aryl methyl sites for hydroxylation is 2. The van der Waals surface area contributed by atoms with Crippen LogP contribution in [-0.2, 0) is 17.1 Å². The molecule has 0 atom stereocenters. The second kappa shape index (κ2) is 4.08. The Kier molecular flexibility index (Phi) is 3.01. The molecule has 0 aliphatic heterocycles. The van der Waals surface area contributed by atoms with Crippen LogP contribution in [0.15, 0.2) is 11.2 Å². The second-order valence-corrected chi connectivity index (χ2v) is 6.26. The van der Waals surface area contributed by atoms with Gasteiger partial charge < -0.3 is 9.67 Å². The highest BCUT2D eigenvalue weighted by Crippen LogP contribution is 2.32. The third kappa shape index (κ3) is 2.22. The Morgan fingerprint density at radius 3 is 2.59 bits per heavy atom. The van der Waals surface area contributed by atoms with Gasteiger partial charge in [-0.2, -0.15) is 0 Å². The second-order valence-electron chi connectivity index (χ2n) is 4.63. The molecule has 17 heavy (non-hydrogen) atoms. The Hall–Kier alpha value is -0.920. The van der Waals surface area contributed by atoms with Gasteiger partial charge in [0, 0.05) is 13.2 Å². The minimum atomic E-state index is -3.63. The molecule has 1 fully saturated rings. The molecule has 6 nitrogen and oxygen atoms in total. The van der Waals surface area contributed by atoms with Gasteiger partial charge in [0.05, 0.1) is 12.1 Å². The largest absolute Gasteiger partial charge is 0.394 e. The zero-order valence-corrected chi connectivity index (χ0v) is 10.8. The van der Waals surface area contributed by atoms with Gasteiger partial charge in [0.2, 0.25) is 0 Å². The van der Waals surface area contributed by atoms with E-state index in [2.05, 4.69) is 9.71 Å². The monoisotopic (exact) mass is 259 g/mol. The summed E-state index contributed by atoms with van der Waals surface area (Å²) in [5.74, 6) is 0.636. The van der Waals surface area contributed by atoms with Crippen LogP contribution in [0.25, 0.3) is 0 Å². The number of aromatic nitrogens is 2. The van der Waals surface area contributed by atoms with Crippen molar-refractivity contribution < 1.29 is 13.5 Å². The SMILES string of the molecule is Cc1nc(S(=O)(=O)NC2(CO)CCC2)cn1C. The van der Waals surface area contributed by atoms with E-state index in [4.69, 9.17) is 0 Å². The van der Waals surface area contributed by atoms with E-state index in [1.165, 1.54) is 6.20 Å². The van der Waals surface area contributed by atoms with Crippen molar-refractivity contribution >= 4 is 10.0 Å². The number of imidazole rings is 1. The molecule has 1 aromatic heterocycles. The molecule has 7 heteroatoms. The Morgan fingerprint density at radius 2 is 2.24 bits per heavy atom. The molecule has 1 heterocycles. The molecule has 1 aliphatic rings. The highest BCUT2D eigenvalue weighted by atomic mass is 32.2. The fraction of sp³-hybridized carbons (Fsp3) is 0.700. The molecule has 0 spiro atoms. The predicted octanol–water partition coefficient (Wildman–Crippen LogP) is -0.0782. The topological polar surface area (TPSA) is 84.2 Å². The lowest BCUT2D eigenvalue weighted by Crippen LogP contribution is -2.56. The van der Waals surface area contributed by atoms with E-state index in [0.29, 0.717) is 18.7 Å². The van der Waals surface area contributed by atoms with E-state index >= 15 is 0 Å². The van der Waals surface area contributed by atoms with E-state index in [-0.39, 0.29) is 11.6 Å². The Morgan fingerprint density at radius 1 is 1.59 bits per heavy atom. The zero-order chi connectivity index (χ0) is 12.7. The lowest BCUT2D eigenvalue weighted by molar-refractivity contribution is 0.110. The molecule has 0 radical (unpaired) electrons. The number of nitrogens with one attached hydrogen (secondary N) is 1. The van der Waals surface area contributed by atoms with Crippen molar-refractivity contribution in [1.82, 2.24) is 14.3 Å². The van der Waals surface area contributed by atoms with Gasteiger partial charge in [-0.05, 0) is 26.2 Å². The van der Waals surface area contributed by atoms with Gasteiger partial charge in [0.15, 0.2) is 5.03 Å². The highest BCUT2D eigenvalue weighted by Gasteiger charge is 2.40. The summed E-state index contributed by atoms with van der Waals surface area (Å²) >= 11 is 0. The van der Waals surface area contributed by atoms with Crippen molar-refractivity contribution in [2.45, 2.75) is 36.8 Å².